The maximum Gasteiger partial charge on any atom is 0.446 e. The van der Waals surface area contributed by atoms with Gasteiger partial charge in [0.2, 0.25) is 5.91 Å². The molecule has 0 aromatic heterocycles. The fourth-order valence-electron chi connectivity index (χ4n) is 2.68. The highest BCUT2D eigenvalue weighted by molar-refractivity contribution is 7.81. The maximum atomic E-state index is 11.1. The van der Waals surface area contributed by atoms with Gasteiger partial charge in [0.05, 0.1) is 0 Å². The number of fused-ring (bicyclic) bond motifs is 3. The van der Waals surface area contributed by atoms with Crippen LogP contribution in [0, 0.1) is 0 Å². The molecule has 7 heteroatoms. The van der Waals surface area contributed by atoms with E-state index in [-0.39, 0.29) is 11.7 Å². The quantitative estimate of drug-likeness (QED) is 0.723. The summed E-state index contributed by atoms with van der Waals surface area (Å²) in [5.74, 6) is -0.0723. The summed E-state index contributed by atoms with van der Waals surface area (Å²) in [6.45, 7) is 1.43. The minimum absolute atomic E-state index is 0.0889. The molecule has 1 amide bonds. The van der Waals surface area contributed by atoms with Crippen LogP contribution in [0.4, 0.5) is 5.69 Å². The maximum absolute atomic E-state index is 11.1. The average Bonchev–Trinajstić information content (AvgIpc) is 2.74. The molecule has 1 aliphatic rings. The van der Waals surface area contributed by atoms with Gasteiger partial charge in [-0.2, -0.15) is 8.42 Å². The summed E-state index contributed by atoms with van der Waals surface area (Å²) in [5, 5.41) is 2.71. The van der Waals surface area contributed by atoms with Crippen molar-refractivity contribution in [2.45, 2.75) is 13.3 Å². The normalized spacial score (nSPS) is 12.5. The largest absolute Gasteiger partial charge is 0.446 e. The number of carbonyl (C=O) groups excluding carboxylic acids is 1. The number of benzene rings is 2. The highest BCUT2D eigenvalue weighted by Crippen LogP contribution is 2.43. The molecule has 1 aliphatic carbocycles. The minimum atomic E-state index is -4.58. The van der Waals surface area contributed by atoms with E-state index in [1.165, 1.54) is 13.0 Å². The summed E-state index contributed by atoms with van der Waals surface area (Å²) in [4.78, 5) is 11.1. The predicted molar refractivity (Wildman–Crippen MR) is 81.2 cm³/mol. The minimum Gasteiger partial charge on any atom is -0.361 e. The van der Waals surface area contributed by atoms with Gasteiger partial charge in [0, 0.05) is 18.2 Å². The van der Waals surface area contributed by atoms with Crippen LogP contribution in [-0.2, 0) is 21.6 Å². The Morgan fingerprint density at radius 3 is 2.68 bits per heavy atom. The third-order valence-corrected chi connectivity index (χ3v) is 3.77. The number of hydrogen-bond acceptors (Lipinski definition) is 4. The first-order chi connectivity index (χ1) is 10.3. The third kappa shape index (κ3) is 2.81. The van der Waals surface area contributed by atoms with Gasteiger partial charge in [-0.15, -0.1) is 0 Å². The van der Waals surface area contributed by atoms with Crippen molar-refractivity contribution >= 4 is 22.0 Å². The standard InChI is InChI=1S/C15H13NO5S/c1-9(17)16-12-5-6-13-11(8-12)7-10-3-2-4-14(15(10)13)21-22(18,19)20/h2-6,8H,7H2,1H3,(H,16,17)(H,18,19,20). The molecule has 0 bridgehead atoms. The molecule has 0 spiro atoms. The van der Waals surface area contributed by atoms with E-state index in [1.807, 2.05) is 12.1 Å². The van der Waals surface area contributed by atoms with Crippen LogP contribution in [0.15, 0.2) is 36.4 Å². The molecule has 0 atom stereocenters. The molecule has 0 fully saturated rings. The van der Waals surface area contributed by atoms with Crippen LogP contribution in [-0.4, -0.2) is 18.9 Å². The lowest BCUT2D eigenvalue weighted by atomic mass is 10.0. The molecule has 2 N–H and O–H groups in total. The lowest BCUT2D eigenvalue weighted by Gasteiger charge is -2.09. The number of amides is 1. The lowest BCUT2D eigenvalue weighted by Crippen LogP contribution is -2.07. The van der Waals surface area contributed by atoms with Gasteiger partial charge >= 0.3 is 10.4 Å². The fraction of sp³-hybridized carbons (Fsp3) is 0.133. The Labute approximate surface area is 127 Å². The highest BCUT2D eigenvalue weighted by atomic mass is 32.3. The molecule has 0 heterocycles. The van der Waals surface area contributed by atoms with Crippen LogP contribution >= 0.6 is 0 Å². The van der Waals surface area contributed by atoms with Gasteiger partial charge in [-0.1, -0.05) is 18.2 Å². The Hall–Kier alpha value is -2.38. The van der Waals surface area contributed by atoms with Gasteiger partial charge in [-0.25, -0.2) is 0 Å². The van der Waals surface area contributed by atoms with Crippen LogP contribution in [0.3, 0.4) is 0 Å². The topological polar surface area (TPSA) is 92.7 Å². The summed E-state index contributed by atoms with van der Waals surface area (Å²) in [5.41, 5.74) is 3.99. The van der Waals surface area contributed by atoms with Crippen LogP contribution < -0.4 is 9.50 Å². The van der Waals surface area contributed by atoms with E-state index in [0.717, 1.165) is 16.7 Å². The van der Waals surface area contributed by atoms with E-state index in [0.29, 0.717) is 17.7 Å². The average molecular weight is 319 g/mol. The van der Waals surface area contributed by atoms with Gasteiger partial charge in [-0.3, -0.25) is 9.35 Å². The fourth-order valence-corrected chi connectivity index (χ4v) is 3.05. The van der Waals surface area contributed by atoms with Crippen molar-refractivity contribution in [3.63, 3.8) is 0 Å². The van der Waals surface area contributed by atoms with Gasteiger partial charge in [0.15, 0.2) is 5.75 Å². The summed E-state index contributed by atoms with van der Waals surface area (Å²) in [6.07, 6.45) is 0.598. The molecule has 0 unspecified atom stereocenters. The van der Waals surface area contributed by atoms with E-state index < -0.39 is 10.4 Å². The molecular formula is C15H13NO5S. The van der Waals surface area contributed by atoms with Crippen molar-refractivity contribution in [3.8, 4) is 16.9 Å². The molecule has 2 aromatic carbocycles. The molecule has 0 saturated carbocycles. The van der Waals surface area contributed by atoms with Crippen LogP contribution in [0.1, 0.15) is 18.1 Å². The zero-order chi connectivity index (χ0) is 15.9. The monoisotopic (exact) mass is 319 g/mol. The van der Waals surface area contributed by atoms with Crippen molar-refractivity contribution in [1.29, 1.82) is 0 Å². The molecule has 0 aliphatic heterocycles. The number of anilines is 1. The number of carbonyl (C=O) groups is 1. The van der Waals surface area contributed by atoms with E-state index in [9.17, 15) is 13.2 Å². The first-order valence-corrected chi connectivity index (χ1v) is 7.90. The smallest absolute Gasteiger partial charge is 0.361 e. The van der Waals surface area contributed by atoms with Crippen LogP contribution in [0.25, 0.3) is 11.1 Å². The van der Waals surface area contributed by atoms with Gasteiger partial charge < -0.3 is 9.50 Å². The van der Waals surface area contributed by atoms with Crippen molar-refractivity contribution in [1.82, 2.24) is 0 Å². The molecular weight excluding hydrogens is 306 g/mol. The van der Waals surface area contributed by atoms with Crippen LogP contribution in [0.2, 0.25) is 0 Å². The van der Waals surface area contributed by atoms with E-state index in [1.54, 1.807) is 18.2 Å². The highest BCUT2D eigenvalue weighted by Gasteiger charge is 2.24. The lowest BCUT2D eigenvalue weighted by molar-refractivity contribution is -0.114. The van der Waals surface area contributed by atoms with Crippen LogP contribution in [0.5, 0.6) is 5.75 Å². The molecule has 3 rings (SSSR count). The molecule has 6 nitrogen and oxygen atoms in total. The second-order valence-corrected chi connectivity index (χ2v) is 6.05. The van der Waals surface area contributed by atoms with Crippen molar-refractivity contribution in [2.75, 3.05) is 5.32 Å². The van der Waals surface area contributed by atoms with Crippen molar-refractivity contribution in [2.24, 2.45) is 0 Å². The van der Waals surface area contributed by atoms with Crippen molar-refractivity contribution < 1.29 is 21.9 Å². The third-order valence-electron chi connectivity index (χ3n) is 3.38. The van der Waals surface area contributed by atoms with Gasteiger partial charge in [0.1, 0.15) is 0 Å². The predicted octanol–water partition coefficient (Wildman–Crippen LogP) is 2.40. The Balaban J connectivity index is 2.07. The number of nitrogens with one attached hydrogen (secondary N) is 1. The number of rotatable bonds is 3. The van der Waals surface area contributed by atoms with Gasteiger partial charge in [0.25, 0.3) is 0 Å². The molecule has 0 radical (unpaired) electrons. The van der Waals surface area contributed by atoms with Crippen molar-refractivity contribution in [3.05, 3.63) is 47.5 Å². The Morgan fingerprint density at radius 1 is 1.23 bits per heavy atom. The zero-order valence-electron chi connectivity index (χ0n) is 11.7. The number of hydrogen-bond donors (Lipinski definition) is 2. The van der Waals surface area contributed by atoms with E-state index in [4.69, 9.17) is 4.55 Å². The summed E-state index contributed by atoms with van der Waals surface area (Å²) >= 11 is 0. The summed E-state index contributed by atoms with van der Waals surface area (Å²) < 4.78 is 35.5. The van der Waals surface area contributed by atoms with Gasteiger partial charge in [-0.05, 0) is 41.3 Å². The first kappa shape index (κ1) is 14.6. The molecule has 114 valence electrons. The summed E-state index contributed by atoms with van der Waals surface area (Å²) in [7, 11) is -4.58. The molecule has 2 aromatic rings. The zero-order valence-corrected chi connectivity index (χ0v) is 12.5. The Morgan fingerprint density at radius 2 is 2.00 bits per heavy atom. The Bertz CT molecular complexity index is 873. The van der Waals surface area contributed by atoms with E-state index >= 15 is 0 Å². The second-order valence-electron chi connectivity index (χ2n) is 5.03. The first-order valence-electron chi connectivity index (χ1n) is 6.53. The second kappa shape index (κ2) is 5.11. The molecule has 22 heavy (non-hydrogen) atoms. The molecule has 0 saturated heterocycles. The summed E-state index contributed by atoms with van der Waals surface area (Å²) in [6, 6.07) is 10.4. The SMILES string of the molecule is CC(=O)Nc1ccc2c(c1)Cc1cccc(OS(=O)(=O)O)c1-2. The Kier molecular flexibility index (Phi) is 3.38. The van der Waals surface area contributed by atoms with E-state index in [2.05, 4.69) is 9.50 Å².